The van der Waals surface area contributed by atoms with Crippen LogP contribution in [-0.4, -0.2) is 55.9 Å². The molecule has 0 amide bonds. The van der Waals surface area contributed by atoms with Gasteiger partial charge in [0.1, 0.15) is 12.0 Å². The van der Waals surface area contributed by atoms with Gasteiger partial charge in [-0.3, -0.25) is 4.90 Å². The highest BCUT2D eigenvalue weighted by molar-refractivity contribution is 7.89. The van der Waals surface area contributed by atoms with Crippen molar-refractivity contribution >= 4 is 10.0 Å². The van der Waals surface area contributed by atoms with Crippen molar-refractivity contribution in [1.82, 2.24) is 14.2 Å². The quantitative estimate of drug-likeness (QED) is 0.536. The average molecular weight is 456 g/mol. The number of hydrogen-bond donors (Lipinski definition) is 0. The van der Waals surface area contributed by atoms with Gasteiger partial charge in [0.2, 0.25) is 15.9 Å². The maximum absolute atomic E-state index is 13.0. The monoisotopic (exact) mass is 455 g/mol. The number of methoxy groups -OCH3 is 1. The number of aromatic nitrogens is 1. The highest BCUT2D eigenvalue weighted by Crippen LogP contribution is 2.24. The molecule has 0 atom stereocenters. The van der Waals surface area contributed by atoms with Crippen molar-refractivity contribution in [2.75, 3.05) is 33.3 Å². The van der Waals surface area contributed by atoms with E-state index in [4.69, 9.17) is 9.15 Å². The number of piperazine rings is 1. The fraction of sp³-hybridized carbons (Fsp3) is 0.375. The van der Waals surface area contributed by atoms with Crippen LogP contribution in [0.1, 0.15) is 31.0 Å². The smallest absolute Gasteiger partial charge is 0.243 e. The second-order valence-corrected chi connectivity index (χ2v) is 10.2. The molecule has 8 heteroatoms. The zero-order valence-electron chi connectivity index (χ0n) is 18.7. The first kappa shape index (κ1) is 22.5. The zero-order valence-corrected chi connectivity index (χ0v) is 19.5. The molecule has 1 fully saturated rings. The van der Waals surface area contributed by atoms with Gasteiger partial charge in [-0.1, -0.05) is 26.0 Å². The molecule has 1 saturated heterocycles. The van der Waals surface area contributed by atoms with Crippen LogP contribution in [0.5, 0.6) is 5.75 Å². The second-order valence-electron chi connectivity index (χ2n) is 8.28. The number of rotatable bonds is 7. The number of ether oxygens (including phenoxy) is 1. The molecule has 2 heterocycles. The van der Waals surface area contributed by atoms with Gasteiger partial charge in [0.15, 0.2) is 0 Å². The Kier molecular flexibility index (Phi) is 6.64. The van der Waals surface area contributed by atoms with Crippen molar-refractivity contribution in [3.63, 3.8) is 0 Å². The fourth-order valence-electron chi connectivity index (χ4n) is 3.78. The SMILES string of the molecule is COc1ccc(-c2nc(CN3CCN(S(=O)(=O)c4ccc(C(C)C)cc4)CC3)co2)cc1. The lowest BCUT2D eigenvalue weighted by molar-refractivity contribution is 0.180. The van der Waals surface area contributed by atoms with E-state index in [0.29, 0.717) is 49.4 Å². The summed E-state index contributed by atoms with van der Waals surface area (Å²) in [7, 11) is -1.85. The van der Waals surface area contributed by atoms with Crippen LogP contribution in [0.4, 0.5) is 0 Å². The van der Waals surface area contributed by atoms with Gasteiger partial charge in [0.25, 0.3) is 0 Å². The first-order valence-corrected chi connectivity index (χ1v) is 12.2. The first-order valence-electron chi connectivity index (χ1n) is 10.8. The maximum atomic E-state index is 13.0. The van der Waals surface area contributed by atoms with Crippen LogP contribution in [0, 0.1) is 0 Å². The molecule has 1 aromatic heterocycles. The molecule has 0 spiro atoms. The van der Waals surface area contributed by atoms with E-state index in [1.165, 1.54) is 0 Å². The number of nitrogens with zero attached hydrogens (tertiary/aromatic N) is 3. The number of sulfonamides is 1. The molecule has 170 valence electrons. The molecule has 3 aromatic rings. The summed E-state index contributed by atoms with van der Waals surface area (Å²) >= 11 is 0. The summed E-state index contributed by atoms with van der Waals surface area (Å²) < 4.78 is 38.4. The van der Waals surface area contributed by atoms with Crippen LogP contribution in [0.3, 0.4) is 0 Å². The molecule has 7 nitrogen and oxygen atoms in total. The van der Waals surface area contributed by atoms with Gasteiger partial charge in [-0.15, -0.1) is 0 Å². The summed E-state index contributed by atoms with van der Waals surface area (Å²) in [5.74, 6) is 1.72. The summed E-state index contributed by atoms with van der Waals surface area (Å²) in [5.41, 5.74) is 2.85. The Morgan fingerprint density at radius 1 is 1.00 bits per heavy atom. The van der Waals surface area contributed by atoms with Gasteiger partial charge in [-0.25, -0.2) is 13.4 Å². The highest BCUT2D eigenvalue weighted by Gasteiger charge is 2.28. The number of oxazole rings is 1. The molecule has 0 radical (unpaired) electrons. The standard InChI is InChI=1S/C24H29N3O4S/c1-18(2)19-6-10-23(11-7-19)32(28,29)27-14-12-26(13-15-27)16-21-17-31-24(25-21)20-4-8-22(30-3)9-5-20/h4-11,17-18H,12-16H2,1-3H3. The lowest BCUT2D eigenvalue weighted by Crippen LogP contribution is -2.48. The second kappa shape index (κ2) is 9.44. The molecule has 32 heavy (non-hydrogen) atoms. The summed E-state index contributed by atoms with van der Waals surface area (Å²) in [5, 5.41) is 0. The van der Waals surface area contributed by atoms with E-state index in [2.05, 4.69) is 23.7 Å². The molecule has 0 aliphatic carbocycles. The lowest BCUT2D eigenvalue weighted by Gasteiger charge is -2.33. The Balaban J connectivity index is 1.35. The van der Waals surface area contributed by atoms with Gasteiger partial charge in [-0.2, -0.15) is 4.31 Å². The topological polar surface area (TPSA) is 75.9 Å². The molecule has 2 aromatic carbocycles. The van der Waals surface area contributed by atoms with Crippen molar-refractivity contribution in [1.29, 1.82) is 0 Å². The average Bonchev–Trinajstić information content (AvgIpc) is 3.28. The summed E-state index contributed by atoms with van der Waals surface area (Å²) in [6, 6.07) is 14.8. The van der Waals surface area contributed by atoms with Gasteiger partial charge in [-0.05, 0) is 47.9 Å². The Labute approximate surface area is 189 Å². The molecule has 0 N–H and O–H groups in total. The van der Waals surface area contributed by atoms with Crippen molar-refractivity contribution in [3.05, 3.63) is 66.1 Å². The highest BCUT2D eigenvalue weighted by atomic mass is 32.2. The van der Waals surface area contributed by atoms with E-state index in [1.54, 1.807) is 29.8 Å². The Hall–Kier alpha value is -2.68. The van der Waals surface area contributed by atoms with Gasteiger partial charge in [0, 0.05) is 38.3 Å². The van der Waals surface area contributed by atoms with E-state index in [9.17, 15) is 8.42 Å². The molecular weight excluding hydrogens is 426 g/mol. The summed E-state index contributed by atoms with van der Waals surface area (Å²) in [6.45, 7) is 7.02. The number of benzene rings is 2. The van der Waals surface area contributed by atoms with E-state index in [0.717, 1.165) is 22.6 Å². The van der Waals surface area contributed by atoms with Crippen LogP contribution in [0.15, 0.2) is 64.1 Å². The fourth-order valence-corrected chi connectivity index (χ4v) is 5.20. The molecule has 0 unspecified atom stereocenters. The molecular formula is C24H29N3O4S. The first-order chi connectivity index (χ1) is 15.4. The van der Waals surface area contributed by atoms with Crippen LogP contribution in [0.25, 0.3) is 11.5 Å². The molecule has 4 rings (SSSR count). The predicted octanol–water partition coefficient (Wildman–Crippen LogP) is 3.98. The number of hydrogen-bond acceptors (Lipinski definition) is 6. The Morgan fingerprint density at radius 3 is 2.25 bits per heavy atom. The van der Waals surface area contributed by atoms with E-state index in [1.807, 2.05) is 36.4 Å². The van der Waals surface area contributed by atoms with Gasteiger partial charge >= 0.3 is 0 Å². The van der Waals surface area contributed by atoms with E-state index >= 15 is 0 Å². The van der Waals surface area contributed by atoms with E-state index < -0.39 is 10.0 Å². The molecule has 0 bridgehead atoms. The largest absolute Gasteiger partial charge is 0.497 e. The molecule has 0 saturated carbocycles. The predicted molar refractivity (Wildman–Crippen MR) is 123 cm³/mol. The van der Waals surface area contributed by atoms with E-state index in [-0.39, 0.29) is 0 Å². The third-order valence-electron chi connectivity index (χ3n) is 5.79. The minimum absolute atomic E-state index is 0.357. The van der Waals surface area contributed by atoms with Crippen LogP contribution >= 0.6 is 0 Å². The minimum Gasteiger partial charge on any atom is -0.497 e. The third kappa shape index (κ3) is 4.87. The molecule has 1 aliphatic heterocycles. The van der Waals surface area contributed by atoms with Crippen LogP contribution in [-0.2, 0) is 16.6 Å². The van der Waals surface area contributed by atoms with Crippen LogP contribution < -0.4 is 4.74 Å². The van der Waals surface area contributed by atoms with Crippen molar-refractivity contribution in [3.8, 4) is 17.2 Å². The van der Waals surface area contributed by atoms with Crippen LogP contribution in [0.2, 0.25) is 0 Å². The lowest BCUT2D eigenvalue weighted by atomic mass is 10.0. The maximum Gasteiger partial charge on any atom is 0.243 e. The Bertz CT molecular complexity index is 1130. The normalized spacial score (nSPS) is 15.9. The minimum atomic E-state index is -3.48. The summed E-state index contributed by atoms with van der Waals surface area (Å²) in [6.07, 6.45) is 1.67. The third-order valence-corrected chi connectivity index (χ3v) is 7.70. The van der Waals surface area contributed by atoms with Crippen molar-refractivity contribution in [2.24, 2.45) is 0 Å². The Morgan fingerprint density at radius 2 is 1.66 bits per heavy atom. The van der Waals surface area contributed by atoms with Gasteiger partial charge < -0.3 is 9.15 Å². The van der Waals surface area contributed by atoms with Crippen molar-refractivity contribution < 1.29 is 17.6 Å². The van der Waals surface area contributed by atoms with Gasteiger partial charge in [0.05, 0.1) is 17.7 Å². The zero-order chi connectivity index (χ0) is 22.7. The van der Waals surface area contributed by atoms with Crippen molar-refractivity contribution in [2.45, 2.75) is 31.2 Å². The summed E-state index contributed by atoms with van der Waals surface area (Å²) in [4.78, 5) is 7.14. The molecule has 1 aliphatic rings.